The molecule has 0 spiro atoms. The van der Waals surface area contributed by atoms with Crippen LogP contribution in [0.4, 0.5) is 0 Å². The van der Waals surface area contributed by atoms with Gasteiger partial charge in [-0.15, -0.1) is 0 Å². The highest BCUT2D eigenvalue weighted by molar-refractivity contribution is 9.11. The van der Waals surface area contributed by atoms with Crippen molar-refractivity contribution in [1.29, 1.82) is 0 Å². The van der Waals surface area contributed by atoms with Gasteiger partial charge in [0.2, 0.25) is 0 Å². The first-order valence-electron chi connectivity index (χ1n) is 6.29. The van der Waals surface area contributed by atoms with Crippen molar-refractivity contribution in [3.63, 3.8) is 0 Å². The lowest BCUT2D eigenvalue weighted by molar-refractivity contribution is 0.215. The first-order valence-corrected chi connectivity index (χ1v) is 8.67. The normalized spacial score (nSPS) is 10.5. The van der Waals surface area contributed by atoms with Gasteiger partial charge in [0.25, 0.3) is 0 Å². The summed E-state index contributed by atoms with van der Waals surface area (Å²) in [7, 11) is 0. The minimum Gasteiger partial charge on any atom is -0.490 e. The molecular weight excluding hydrogens is 466 g/mol. The minimum absolute atomic E-state index is 0.454. The van der Waals surface area contributed by atoms with Gasteiger partial charge in [-0.25, -0.2) is 0 Å². The molecule has 0 aliphatic heterocycles. The van der Waals surface area contributed by atoms with Crippen LogP contribution in [-0.2, 0) is 6.54 Å². The Labute approximate surface area is 149 Å². The van der Waals surface area contributed by atoms with E-state index in [4.69, 9.17) is 15.2 Å². The first-order chi connectivity index (χ1) is 10.1. The van der Waals surface area contributed by atoms with Crippen molar-refractivity contribution in [2.45, 2.75) is 6.54 Å². The fraction of sp³-hybridized carbons (Fsp3) is 0.200. The number of hydrogen-bond donors (Lipinski definition) is 1. The quantitative estimate of drug-likeness (QED) is 0.600. The molecule has 2 aromatic carbocycles. The summed E-state index contributed by atoms with van der Waals surface area (Å²) in [4.78, 5) is 0. The Hall–Kier alpha value is -0.560. The molecule has 0 fully saturated rings. The lowest BCUT2D eigenvalue weighted by atomic mass is 10.2. The van der Waals surface area contributed by atoms with Gasteiger partial charge in [0.05, 0.1) is 8.95 Å². The Morgan fingerprint density at radius 3 is 2.00 bits per heavy atom. The van der Waals surface area contributed by atoms with E-state index in [1.54, 1.807) is 0 Å². The number of benzene rings is 2. The van der Waals surface area contributed by atoms with E-state index in [0.29, 0.717) is 19.8 Å². The van der Waals surface area contributed by atoms with E-state index in [2.05, 4.69) is 47.8 Å². The van der Waals surface area contributed by atoms with Crippen LogP contribution in [-0.4, -0.2) is 13.2 Å². The van der Waals surface area contributed by atoms with Crippen LogP contribution in [0.15, 0.2) is 49.8 Å². The predicted molar refractivity (Wildman–Crippen MR) is 94.9 cm³/mol. The van der Waals surface area contributed by atoms with Crippen LogP contribution in [0.25, 0.3) is 0 Å². The van der Waals surface area contributed by atoms with Gasteiger partial charge in [-0.2, -0.15) is 0 Å². The Balaban J connectivity index is 1.87. The highest BCUT2D eigenvalue weighted by Gasteiger charge is 2.08. The van der Waals surface area contributed by atoms with Crippen LogP contribution in [0, 0.1) is 0 Å². The molecule has 0 aliphatic rings. The van der Waals surface area contributed by atoms with Crippen LogP contribution < -0.4 is 15.2 Å². The van der Waals surface area contributed by atoms with Crippen molar-refractivity contribution >= 4 is 47.8 Å². The van der Waals surface area contributed by atoms with Crippen molar-refractivity contribution in [3.8, 4) is 11.5 Å². The van der Waals surface area contributed by atoms with Gasteiger partial charge in [-0.1, -0.05) is 15.9 Å². The zero-order chi connectivity index (χ0) is 15.2. The third-order valence-electron chi connectivity index (χ3n) is 2.71. The summed E-state index contributed by atoms with van der Waals surface area (Å²) >= 11 is 10.4. The van der Waals surface area contributed by atoms with E-state index < -0.39 is 0 Å². The van der Waals surface area contributed by atoms with Crippen LogP contribution in [0.3, 0.4) is 0 Å². The third-order valence-corrected chi connectivity index (χ3v) is 4.41. The van der Waals surface area contributed by atoms with Crippen molar-refractivity contribution in [2.24, 2.45) is 5.73 Å². The third kappa shape index (κ3) is 4.98. The topological polar surface area (TPSA) is 44.5 Å². The maximum atomic E-state index is 5.74. The first kappa shape index (κ1) is 16.8. The maximum Gasteiger partial charge on any atom is 0.147 e. The highest BCUT2D eigenvalue weighted by atomic mass is 79.9. The van der Waals surface area contributed by atoms with Gasteiger partial charge in [0, 0.05) is 11.0 Å². The highest BCUT2D eigenvalue weighted by Crippen LogP contribution is 2.34. The number of halogens is 3. The lowest BCUT2D eigenvalue weighted by Gasteiger charge is -2.12. The van der Waals surface area contributed by atoms with E-state index in [1.807, 2.05) is 36.4 Å². The second-order valence-corrected chi connectivity index (χ2v) is 6.87. The zero-order valence-electron chi connectivity index (χ0n) is 11.1. The van der Waals surface area contributed by atoms with E-state index in [1.165, 1.54) is 0 Å². The number of ether oxygens (including phenoxy) is 2. The molecule has 0 aliphatic carbocycles. The molecule has 2 N–H and O–H groups in total. The van der Waals surface area contributed by atoms with E-state index >= 15 is 0 Å². The molecule has 0 saturated carbocycles. The number of nitrogens with two attached hydrogens (primary N) is 1. The van der Waals surface area contributed by atoms with Gasteiger partial charge in [0.1, 0.15) is 24.7 Å². The van der Waals surface area contributed by atoms with E-state index in [9.17, 15) is 0 Å². The molecule has 21 heavy (non-hydrogen) atoms. The SMILES string of the molecule is NCc1cc(Br)c(OCCOc2ccc(Br)cc2)c(Br)c1. The standard InChI is InChI=1S/C15H14Br3NO2/c16-11-1-3-12(4-2-11)20-5-6-21-15-13(17)7-10(9-19)8-14(15)18/h1-4,7-8H,5-6,9,19H2. The van der Waals surface area contributed by atoms with E-state index in [-0.39, 0.29) is 0 Å². The largest absolute Gasteiger partial charge is 0.490 e. The van der Waals surface area contributed by atoms with Crippen molar-refractivity contribution in [2.75, 3.05) is 13.2 Å². The summed E-state index contributed by atoms with van der Waals surface area (Å²) in [6.07, 6.45) is 0. The second kappa shape index (κ2) is 8.17. The summed E-state index contributed by atoms with van der Waals surface area (Å²) in [5, 5.41) is 0. The molecule has 0 heterocycles. The average molecular weight is 480 g/mol. The summed E-state index contributed by atoms with van der Waals surface area (Å²) in [5.41, 5.74) is 6.66. The van der Waals surface area contributed by atoms with Crippen LogP contribution in [0.1, 0.15) is 5.56 Å². The monoisotopic (exact) mass is 477 g/mol. The predicted octanol–water partition coefficient (Wildman–Crippen LogP) is 4.89. The molecule has 0 bridgehead atoms. The van der Waals surface area contributed by atoms with Crippen LogP contribution >= 0.6 is 47.8 Å². The molecule has 3 nitrogen and oxygen atoms in total. The lowest BCUT2D eigenvalue weighted by Crippen LogP contribution is -2.10. The molecule has 6 heteroatoms. The molecule has 0 amide bonds. The Morgan fingerprint density at radius 1 is 0.857 bits per heavy atom. The molecule has 2 aromatic rings. The van der Waals surface area contributed by atoms with Gasteiger partial charge < -0.3 is 15.2 Å². The molecule has 112 valence electrons. The Kier molecular flexibility index (Phi) is 6.54. The summed E-state index contributed by atoms with van der Waals surface area (Å²) < 4.78 is 14.1. The summed E-state index contributed by atoms with van der Waals surface area (Å²) in [6.45, 7) is 1.42. The number of rotatable bonds is 6. The fourth-order valence-corrected chi connectivity index (χ4v) is 3.48. The molecule has 0 saturated heterocycles. The minimum atomic E-state index is 0.454. The fourth-order valence-electron chi connectivity index (χ4n) is 1.70. The van der Waals surface area contributed by atoms with Crippen molar-refractivity contribution in [3.05, 3.63) is 55.4 Å². The average Bonchev–Trinajstić information content (AvgIpc) is 2.47. The molecule has 0 aromatic heterocycles. The number of hydrogen-bond acceptors (Lipinski definition) is 3. The van der Waals surface area contributed by atoms with E-state index in [0.717, 1.165) is 30.5 Å². The molecule has 2 rings (SSSR count). The molecule has 0 atom stereocenters. The zero-order valence-corrected chi connectivity index (χ0v) is 15.9. The van der Waals surface area contributed by atoms with Gasteiger partial charge in [-0.05, 0) is 73.8 Å². The second-order valence-electron chi connectivity index (χ2n) is 4.24. The Morgan fingerprint density at radius 2 is 1.43 bits per heavy atom. The van der Waals surface area contributed by atoms with Crippen LogP contribution in [0.2, 0.25) is 0 Å². The Bertz CT molecular complexity index is 579. The van der Waals surface area contributed by atoms with Crippen molar-refractivity contribution < 1.29 is 9.47 Å². The maximum absolute atomic E-state index is 5.74. The summed E-state index contributed by atoms with van der Waals surface area (Å²) in [6, 6.07) is 11.6. The molecule has 0 unspecified atom stereocenters. The smallest absolute Gasteiger partial charge is 0.147 e. The van der Waals surface area contributed by atoms with Crippen molar-refractivity contribution in [1.82, 2.24) is 0 Å². The van der Waals surface area contributed by atoms with Gasteiger partial charge >= 0.3 is 0 Å². The van der Waals surface area contributed by atoms with Gasteiger partial charge in [0.15, 0.2) is 0 Å². The van der Waals surface area contributed by atoms with Crippen LogP contribution in [0.5, 0.6) is 11.5 Å². The summed E-state index contributed by atoms with van der Waals surface area (Å²) in [5.74, 6) is 1.57. The van der Waals surface area contributed by atoms with Gasteiger partial charge in [-0.3, -0.25) is 0 Å². The molecule has 0 radical (unpaired) electrons. The molecular formula is C15H14Br3NO2.